The molecule has 0 bridgehead atoms. The average Bonchev–Trinajstić information content (AvgIpc) is 3.22. The summed E-state index contributed by atoms with van der Waals surface area (Å²) < 4.78 is 80.4. The summed E-state index contributed by atoms with van der Waals surface area (Å²) in [5.41, 5.74) is 4.60. The third-order valence-corrected chi connectivity index (χ3v) is 8.69. The van der Waals surface area contributed by atoms with Crippen LogP contribution >= 0.6 is 11.8 Å². The number of halogens is 2. The molecule has 0 unspecified atom stereocenters. The number of benzene rings is 2. The molecule has 0 spiro atoms. The largest absolute Gasteiger partial charge is 0.510 e. The molecule has 3 aliphatic heterocycles. The van der Waals surface area contributed by atoms with Gasteiger partial charge in [0, 0.05) is 28.3 Å². The molecule has 238 valence electrons. The van der Waals surface area contributed by atoms with Gasteiger partial charge in [-0.1, -0.05) is 23.4 Å². The number of morpholine rings is 1. The van der Waals surface area contributed by atoms with Crippen LogP contribution in [0.2, 0.25) is 0 Å². The third-order valence-electron chi connectivity index (χ3n) is 7.26. The van der Waals surface area contributed by atoms with Crippen LogP contribution in [-0.4, -0.2) is 69.9 Å². The molecule has 0 radical (unpaired) electrons. The van der Waals surface area contributed by atoms with Gasteiger partial charge in [0.25, 0.3) is 5.91 Å². The Bertz CT molecular complexity index is 1890. The fourth-order valence-corrected chi connectivity index (χ4v) is 6.58. The molecule has 1 fully saturated rings. The molecule has 1 aromatic heterocycles. The van der Waals surface area contributed by atoms with Crippen LogP contribution in [0.1, 0.15) is 27.2 Å². The molecule has 4 heterocycles. The van der Waals surface area contributed by atoms with E-state index in [-0.39, 0.29) is 65.6 Å². The average molecular weight is 666 g/mol. The summed E-state index contributed by atoms with van der Waals surface area (Å²) in [6, 6.07) is 9.69. The molecular weight excluding hydrogens is 640 g/mol. The lowest BCUT2D eigenvalue weighted by molar-refractivity contribution is -0.00487. The minimum Gasteiger partial charge on any atom is -0.452 e. The van der Waals surface area contributed by atoms with E-state index in [4.69, 9.17) is 19.3 Å². The number of hydrogen-bond donors (Lipinski definition) is 2. The van der Waals surface area contributed by atoms with E-state index in [2.05, 4.69) is 19.6 Å². The van der Waals surface area contributed by atoms with Crippen molar-refractivity contribution in [3.8, 4) is 17.0 Å². The quantitative estimate of drug-likeness (QED) is 0.224. The van der Waals surface area contributed by atoms with Gasteiger partial charge in [-0.05, 0) is 35.7 Å². The number of rotatable bonds is 6. The maximum Gasteiger partial charge on any atom is 0.510 e. The molecule has 1 amide bonds. The van der Waals surface area contributed by atoms with E-state index in [1.807, 2.05) is 24.3 Å². The van der Waals surface area contributed by atoms with Crippen molar-refractivity contribution in [3.05, 3.63) is 75.8 Å². The first-order chi connectivity index (χ1) is 21.6. The van der Waals surface area contributed by atoms with Crippen molar-refractivity contribution < 1.29 is 50.0 Å². The Balaban J connectivity index is 1.63. The number of thioether (sulfide) groups is 1. The molecule has 1 saturated heterocycles. The highest BCUT2D eigenvalue weighted by atomic mass is 32.2. The van der Waals surface area contributed by atoms with Crippen LogP contribution in [0.4, 0.5) is 13.6 Å². The molecular formula is C27H25F2N5O9S2. The SMILES string of the molecule is COC(=O)OCOc1c2n(c(-c3cc(F)c(F)c4c3Cc3ccccc3SC4)c/c1=N\OS(N)(=O)=O)N[C@@H]1COCCN1C2=O. The predicted octanol–water partition coefficient (Wildman–Crippen LogP) is 2.14. The second-order valence-corrected chi connectivity index (χ2v) is 12.1. The summed E-state index contributed by atoms with van der Waals surface area (Å²) in [5.74, 6) is -3.02. The topological polar surface area (TPSA) is 173 Å². The zero-order valence-corrected chi connectivity index (χ0v) is 25.1. The standard InChI is InChI=1S/C27H25F2N5O9S2/c1-39-27(36)42-13-41-25-19(32-43-45(30,37)38)10-20(34-24(25)26(35)33-6-7-40-11-22(33)31-34)16-9-18(28)23(29)17-12-44-21-5-3-2-4-14(21)8-15(16)17/h2-5,9-10,22,31H,6-8,11-13H2,1H3,(H2,30,37,38)/b32-19+/t22-/m0/s1. The van der Waals surface area contributed by atoms with Crippen molar-refractivity contribution in [3.63, 3.8) is 0 Å². The molecule has 18 heteroatoms. The Hall–Kier alpha value is -4.39. The Kier molecular flexibility index (Phi) is 8.29. The summed E-state index contributed by atoms with van der Waals surface area (Å²) in [5, 5.41) is 8.24. The van der Waals surface area contributed by atoms with Crippen molar-refractivity contribution in [2.24, 2.45) is 10.3 Å². The van der Waals surface area contributed by atoms with Crippen molar-refractivity contribution >= 4 is 34.1 Å². The van der Waals surface area contributed by atoms with Gasteiger partial charge in [0.05, 0.1) is 26.0 Å². The van der Waals surface area contributed by atoms with Crippen LogP contribution in [0, 0.1) is 11.6 Å². The van der Waals surface area contributed by atoms with Crippen molar-refractivity contribution in [1.82, 2.24) is 9.58 Å². The number of hydrogen-bond acceptors (Lipinski definition) is 12. The summed E-state index contributed by atoms with van der Waals surface area (Å²) in [6.45, 7) is -0.288. The van der Waals surface area contributed by atoms with Crippen molar-refractivity contribution in [2.75, 3.05) is 39.1 Å². The maximum atomic E-state index is 15.4. The number of carbonyl (C=O) groups is 2. The van der Waals surface area contributed by atoms with E-state index in [1.165, 1.54) is 27.4 Å². The van der Waals surface area contributed by atoms with E-state index >= 15 is 8.78 Å². The van der Waals surface area contributed by atoms with E-state index < -0.39 is 47.0 Å². The first kappa shape index (κ1) is 30.6. The Morgan fingerprint density at radius 3 is 2.82 bits per heavy atom. The molecule has 45 heavy (non-hydrogen) atoms. The number of nitrogens with two attached hydrogens (primary N) is 1. The second-order valence-electron chi connectivity index (χ2n) is 9.92. The predicted molar refractivity (Wildman–Crippen MR) is 152 cm³/mol. The number of pyridine rings is 1. The maximum absolute atomic E-state index is 15.4. The lowest BCUT2D eigenvalue weighted by Crippen LogP contribution is -2.59. The van der Waals surface area contributed by atoms with Crippen LogP contribution in [0.15, 0.2) is 46.4 Å². The van der Waals surface area contributed by atoms with Crippen molar-refractivity contribution in [2.45, 2.75) is 23.2 Å². The monoisotopic (exact) mass is 665 g/mol. The lowest BCUT2D eigenvalue weighted by Gasteiger charge is -2.42. The summed E-state index contributed by atoms with van der Waals surface area (Å²) in [7, 11) is -3.57. The van der Waals surface area contributed by atoms with Gasteiger partial charge in [-0.3, -0.25) is 9.08 Å². The molecule has 14 nitrogen and oxygen atoms in total. The number of nitrogens with zero attached hydrogens (tertiary/aromatic N) is 3. The third kappa shape index (κ3) is 6.00. The molecule has 3 aromatic rings. The zero-order valence-electron chi connectivity index (χ0n) is 23.4. The summed E-state index contributed by atoms with van der Waals surface area (Å²) in [4.78, 5) is 28.0. The van der Waals surface area contributed by atoms with Gasteiger partial charge >= 0.3 is 16.5 Å². The minimum absolute atomic E-state index is 0.0844. The Morgan fingerprint density at radius 2 is 2.04 bits per heavy atom. The summed E-state index contributed by atoms with van der Waals surface area (Å²) >= 11 is 1.36. The van der Waals surface area contributed by atoms with Crippen LogP contribution in [0.3, 0.4) is 0 Å². The molecule has 1 atom stereocenters. The number of carbonyl (C=O) groups excluding carboxylic acids is 2. The van der Waals surface area contributed by atoms with Crippen molar-refractivity contribution in [1.29, 1.82) is 0 Å². The van der Waals surface area contributed by atoms with Crippen LogP contribution < -0.4 is 20.7 Å². The molecule has 6 rings (SSSR count). The number of ether oxygens (including phenoxy) is 4. The van der Waals surface area contributed by atoms with Gasteiger partial charge in [-0.2, -0.15) is 13.6 Å². The first-order valence-corrected chi connectivity index (χ1v) is 15.8. The number of nitrogens with one attached hydrogen (secondary N) is 1. The minimum atomic E-state index is -4.65. The van der Waals surface area contributed by atoms with Crippen LogP contribution in [0.25, 0.3) is 11.3 Å². The number of amides is 1. The fraction of sp³-hybridized carbons (Fsp3) is 0.296. The molecule has 0 saturated carbocycles. The van der Waals surface area contributed by atoms with Crippen LogP contribution in [0.5, 0.6) is 5.75 Å². The van der Waals surface area contributed by atoms with E-state index in [0.29, 0.717) is 5.56 Å². The molecule has 0 aliphatic carbocycles. The van der Waals surface area contributed by atoms with E-state index in [1.54, 1.807) is 0 Å². The summed E-state index contributed by atoms with van der Waals surface area (Å²) in [6.07, 6.45) is -1.57. The second kappa shape index (κ2) is 12.2. The van der Waals surface area contributed by atoms with Gasteiger partial charge in [-0.15, -0.1) is 11.8 Å². The Morgan fingerprint density at radius 1 is 1.24 bits per heavy atom. The van der Waals surface area contributed by atoms with E-state index in [0.717, 1.165) is 23.6 Å². The van der Waals surface area contributed by atoms with Gasteiger partial charge in [0.15, 0.2) is 28.4 Å². The van der Waals surface area contributed by atoms with Crippen LogP contribution in [-0.2, 0) is 41.0 Å². The fourth-order valence-electron chi connectivity index (χ4n) is 5.29. The zero-order chi connectivity index (χ0) is 31.9. The van der Waals surface area contributed by atoms with E-state index in [9.17, 15) is 18.0 Å². The highest BCUT2D eigenvalue weighted by Gasteiger charge is 2.39. The molecule has 3 N–H and O–H groups in total. The number of methoxy groups -OCH3 is 1. The Labute approximate surface area is 258 Å². The highest BCUT2D eigenvalue weighted by Crippen LogP contribution is 2.41. The van der Waals surface area contributed by atoms with Gasteiger partial charge < -0.3 is 29.3 Å². The first-order valence-electron chi connectivity index (χ1n) is 13.3. The number of aromatic nitrogens is 1. The normalized spacial score (nSPS) is 17.6. The van der Waals surface area contributed by atoms with Gasteiger partial charge in [0.2, 0.25) is 6.79 Å². The van der Waals surface area contributed by atoms with Gasteiger partial charge in [-0.25, -0.2) is 18.3 Å². The van der Waals surface area contributed by atoms with Gasteiger partial charge in [0.1, 0.15) is 6.17 Å². The lowest BCUT2D eigenvalue weighted by atomic mass is 9.92. The number of fused-ring (bicyclic) bond motifs is 4. The smallest absolute Gasteiger partial charge is 0.452 e. The highest BCUT2D eigenvalue weighted by molar-refractivity contribution is 7.98. The molecule has 3 aliphatic rings. The molecule has 2 aromatic carbocycles.